The van der Waals surface area contributed by atoms with Crippen molar-refractivity contribution in [2.75, 3.05) is 0 Å². The molecule has 0 aliphatic carbocycles. The summed E-state index contributed by atoms with van der Waals surface area (Å²) >= 11 is 1.42. The van der Waals surface area contributed by atoms with E-state index in [2.05, 4.69) is 8.91 Å². The first-order valence-electron chi connectivity index (χ1n) is 1.10. The second-order valence-corrected chi connectivity index (χ2v) is 0.949. The molecule has 0 rings (SSSR count). The molecule has 36 valence electrons. The Morgan fingerprint density at radius 1 is 2.00 bits per heavy atom. The van der Waals surface area contributed by atoms with Crippen LogP contribution in [0.3, 0.4) is 0 Å². The van der Waals surface area contributed by atoms with Crippen LogP contribution >= 0.6 is 23.0 Å². The predicted octanol–water partition coefficient (Wildman–Crippen LogP) is -0.0637. The molecule has 0 saturated heterocycles. The normalized spacial score (nSPS) is 7.00. The molecule has 6 heavy (non-hydrogen) atoms. The number of carbonyl (C=O) groups excluding carboxylic acids is 1. The molecule has 0 unspecified atom stereocenters. The van der Waals surface area contributed by atoms with Gasteiger partial charge in [0.05, 0.1) is 0 Å². The predicted molar refractivity (Wildman–Crippen MR) is 27.8 cm³/mol. The number of nitrogens with one attached hydrogen (secondary N) is 1. The summed E-state index contributed by atoms with van der Waals surface area (Å²) < 4.78 is 3.99. The lowest BCUT2D eigenvalue weighted by Crippen LogP contribution is -2.28. The highest BCUT2D eigenvalue weighted by molar-refractivity contribution is 14.1. The summed E-state index contributed by atoms with van der Waals surface area (Å²) in [5, 5.41) is 0. The first kappa shape index (κ1) is 5.96. The lowest BCUT2D eigenvalue weighted by molar-refractivity contribution is 0.215. The van der Waals surface area contributed by atoms with Crippen LogP contribution in [0.5, 0.6) is 0 Å². The van der Waals surface area contributed by atoms with Gasteiger partial charge in [-0.05, 0) is 0 Å². The summed E-state index contributed by atoms with van der Waals surface area (Å²) in [5.74, 6) is 4.55. The second-order valence-electron chi connectivity index (χ2n) is 0.509. The third-order valence-electron chi connectivity index (χ3n) is 0.188. The fraction of sp³-hybridized carbons (Fsp3) is 0. The third-order valence-corrected chi connectivity index (χ3v) is 0.588. The van der Waals surface area contributed by atoms with E-state index in [1.54, 1.807) is 5.43 Å². The van der Waals surface area contributed by atoms with Crippen molar-refractivity contribution in [3.8, 4) is 0 Å². The zero-order valence-electron chi connectivity index (χ0n) is 2.77. The van der Waals surface area contributed by atoms with Gasteiger partial charge in [-0.1, -0.05) is 0 Å². The minimum Gasteiger partial charge on any atom is -0.377 e. The molecule has 4 nitrogen and oxygen atoms in total. The van der Waals surface area contributed by atoms with E-state index in [-0.39, 0.29) is 0 Å². The molecule has 5 heteroatoms. The van der Waals surface area contributed by atoms with Crippen molar-refractivity contribution in [1.29, 1.82) is 0 Å². The fourth-order valence-corrected chi connectivity index (χ4v) is 0.149. The van der Waals surface area contributed by atoms with Crippen molar-refractivity contribution in [3.05, 3.63) is 0 Å². The van der Waals surface area contributed by atoms with Crippen LogP contribution in [0.25, 0.3) is 0 Å². The van der Waals surface area contributed by atoms with E-state index < -0.39 is 6.09 Å². The summed E-state index contributed by atoms with van der Waals surface area (Å²) in [6, 6.07) is 0. The Hall–Kier alpha value is -0.0400. The Morgan fingerprint density at radius 3 is 2.50 bits per heavy atom. The first-order valence-corrected chi connectivity index (χ1v) is 1.98. The molecule has 0 atom stereocenters. The summed E-state index contributed by atoms with van der Waals surface area (Å²) in [6.07, 6.45) is -0.643. The second kappa shape index (κ2) is 3.16. The lowest BCUT2D eigenvalue weighted by atomic mass is 11.3. The Morgan fingerprint density at radius 2 is 2.50 bits per heavy atom. The molecule has 0 aromatic carbocycles. The first-order chi connectivity index (χ1) is 2.81. The van der Waals surface area contributed by atoms with E-state index >= 15 is 0 Å². The Labute approximate surface area is 48.7 Å². The summed E-state index contributed by atoms with van der Waals surface area (Å²) in [7, 11) is 0. The number of halogens is 1. The van der Waals surface area contributed by atoms with Crippen molar-refractivity contribution in [2.24, 2.45) is 5.84 Å². The zero-order valence-corrected chi connectivity index (χ0v) is 4.93. The minimum absolute atomic E-state index is 0.643. The smallest absolute Gasteiger partial charge is 0.377 e. The lowest BCUT2D eigenvalue weighted by Gasteiger charge is -1.87. The van der Waals surface area contributed by atoms with Gasteiger partial charge < -0.3 is 3.07 Å². The van der Waals surface area contributed by atoms with Gasteiger partial charge in [0.15, 0.2) is 23.0 Å². The summed E-state index contributed by atoms with van der Waals surface area (Å²) in [5.41, 5.74) is 1.75. The molecule has 0 saturated carbocycles. The van der Waals surface area contributed by atoms with Crippen molar-refractivity contribution in [3.63, 3.8) is 0 Å². The molecule has 3 N–H and O–H groups in total. The van der Waals surface area contributed by atoms with E-state index in [9.17, 15) is 4.79 Å². The quantitative estimate of drug-likeness (QED) is 0.250. The monoisotopic (exact) mass is 202 g/mol. The summed E-state index contributed by atoms with van der Waals surface area (Å²) in [6.45, 7) is 0. The number of hydrazine groups is 1. The Kier molecular flexibility index (Phi) is 3.14. The van der Waals surface area contributed by atoms with Gasteiger partial charge in [-0.3, -0.25) is 5.43 Å². The van der Waals surface area contributed by atoms with Crippen molar-refractivity contribution in [2.45, 2.75) is 0 Å². The van der Waals surface area contributed by atoms with Crippen LogP contribution in [-0.2, 0) is 3.07 Å². The summed E-state index contributed by atoms with van der Waals surface area (Å²) in [4.78, 5) is 9.71. The molecule has 0 spiro atoms. The number of nitrogens with two attached hydrogens (primary N) is 1. The number of carbonyl (C=O) groups is 1. The van der Waals surface area contributed by atoms with Crippen LogP contribution in [0.2, 0.25) is 0 Å². The molecule has 0 heterocycles. The van der Waals surface area contributed by atoms with Crippen LogP contribution in [0.1, 0.15) is 0 Å². The highest BCUT2D eigenvalue weighted by Crippen LogP contribution is 1.81. The van der Waals surface area contributed by atoms with E-state index in [0.717, 1.165) is 0 Å². The molecule has 0 bridgehead atoms. The van der Waals surface area contributed by atoms with Gasteiger partial charge in [0.1, 0.15) is 0 Å². The van der Waals surface area contributed by atoms with Crippen LogP contribution < -0.4 is 11.3 Å². The average Bonchev–Trinajstić information content (AvgIpc) is 1.65. The van der Waals surface area contributed by atoms with Crippen LogP contribution in [0, 0.1) is 0 Å². The molecule has 0 aromatic rings. The van der Waals surface area contributed by atoms with Crippen molar-refractivity contribution < 1.29 is 7.86 Å². The van der Waals surface area contributed by atoms with Gasteiger partial charge in [-0.15, -0.1) is 0 Å². The fourth-order valence-electron chi connectivity index (χ4n) is 0.0223. The molecule has 0 radical (unpaired) electrons. The molecule has 0 fully saturated rings. The SMILES string of the molecule is NNC(=O)OI. The van der Waals surface area contributed by atoms with Crippen LogP contribution in [-0.4, -0.2) is 6.09 Å². The highest BCUT2D eigenvalue weighted by Gasteiger charge is 1.88. The minimum atomic E-state index is -0.643. The van der Waals surface area contributed by atoms with Gasteiger partial charge in [-0.2, -0.15) is 0 Å². The largest absolute Gasteiger partial charge is 0.430 e. The van der Waals surface area contributed by atoms with E-state index in [1.807, 2.05) is 0 Å². The van der Waals surface area contributed by atoms with Crippen molar-refractivity contribution in [1.82, 2.24) is 5.43 Å². The maximum Gasteiger partial charge on any atom is 0.430 e. The van der Waals surface area contributed by atoms with Gasteiger partial charge in [0.2, 0.25) is 0 Å². The maximum atomic E-state index is 9.71. The number of amides is 1. The number of hydrogen-bond donors (Lipinski definition) is 2. The van der Waals surface area contributed by atoms with Gasteiger partial charge in [0, 0.05) is 0 Å². The Bertz CT molecular complexity index is 49.5. The topological polar surface area (TPSA) is 64.3 Å². The molecule has 1 amide bonds. The standard InChI is InChI=1S/CH3IN2O2/c2-6-1(5)4-3/h3H2,(H,4,5). The van der Waals surface area contributed by atoms with Crippen LogP contribution in [0.15, 0.2) is 0 Å². The maximum absolute atomic E-state index is 9.71. The van der Waals surface area contributed by atoms with Gasteiger partial charge >= 0.3 is 6.09 Å². The van der Waals surface area contributed by atoms with Crippen molar-refractivity contribution >= 4 is 29.1 Å². The Balaban J connectivity index is 2.99. The molecule has 0 aromatic heterocycles. The number of hydrogen-bond acceptors (Lipinski definition) is 3. The molecule has 0 aliphatic rings. The molecular weight excluding hydrogens is 199 g/mol. The zero-order chi connectivity index (χ0) is 4.99. The number of rotatable bonds is 0. The van der Waals surface area contributed by atoms with Gasteiger partial charge in [-0.25, -0.2) is 10.6 Å². The van der Waals surface area contributed by atoms with Gasteiger partial charge in [0.25, 0.3) is 0 Å². The average molecular weight is 202 g/mol. The third kappa shape index (κ3) is 2.21. The molecule has 0 aliphatic heterocycles. The molecular formula is CH3IN2O2. The highest BCUT2D eigenvalue weighted by atomic mass is 127. The van der Waals surface area contributed by atoms with E-state index in [0.29, 0.717) is 0 Å². The van der Waals surface area contributed by atoms with Crippen LogP contribution in [0.4, 0.5) is 4.79 Å². The van der Waals surface area contributed by atoms with E-state index in [1.165, 1.54) is 23.0 Å². The van der Waals surface area contributed by atoms with E-state index in [4.69, 9.17) is 0 Å².